The lowest BCUT2D eigenvalue weighted by Gasteiger charge is -2.45. The van der Waals surface area contributed by atoms with E-state index in [4.69, 9.17) is 116 Å². The van der Waals surface area contributed by atoms with Crippen LogP contribution in [0.4, 0.5) is 0 Å². The minimum absolute atomic E-state index is 0. The summed E-state index contributed by atoms with van der Waals surface area (Å²) in [4.78, 5) is 0. The number of hydrogen-bond donors (Lipinski definition) is 3. The molecule has 9 aromatic rings. The Morgan fingerprint density at radius 1 is 0.231 bits per heavy atom. The second kappa shape index (κ2) is 45.9. The number of aliphatic hydroxyl groups is 1. The molecule has 0 spiro atoms. The summed E-state index contributed by atoms with van der Waals surface area (Å²) >= 11 is 61.5. The van der Waals surface area contributed by atoms with Crippen LogP contribution in [-0.4, -0.2) is 37.4 Å². The highest BCUT2D eigenvalue weighted by atomic mass is 35.5. The number of hydrogen-bond acceptors (Lipinski definition) is 3. The monoisotopic (exact) mass is 2000 g/mol. The summed E-state index contributed by atoms with van der Waals surface area (Å²) in [7, 11) is 0. The molecular formula is C121H154Cl10N2O. The molecule has 1 unspecified atom stereocenters. The summed E-state index contributed by atoms with van der Waals surface area (Å²) in [6, 6.07) is 63.5. The first-order valence-corrected chi connectivity index (χ1v) is 56.6. The lowest BCUT2D eigenvalue weighted by Crippen LogP contribution is -2.43. The number of benzene rings is 9. The van der Waals surface area contributed by atoms with E-state index in [1.54, 1.807) is 11.1 Å². The maximum atomic E-state index is 10.3. The number of nitrogens with one attached hydrogen (secondary N) is 2. The van der Waals surface area contributed by atoms with Gasteiger partial charge in [-0.25, -0.2) is 0 Å². The third-order valence-electron chi connectivity index (χ3n) is 38.3. The molecule has 13 heteroatoms. The van der Waals surface area contributed by atoms with Gasteiger partial charge < -0.3 is 15.7 Å². The van der Waals surface area contributed by atoms with Crippen LogP contribution in [0, 0.1) is 40.4 Å². The van der Waals surface area contributed by atoms with Crippen LogP contribution in [0.2, 0.25) is 50.2 Å². The van der Waals surface area contributed by atoms with Crippen molar-refractivity contribution in [2.75, 3.05) is 26.2 Å². The SMILES string of the molecule is C.C[C@@]1(C2(c3ccc(Cl)c(Cl)c3)CCCC2)CCNC1.C[C@]1(C2(c3ccc(Cl)c(Cl)c3)CCCC2)CCNC1.Clc1ccc(C2(C3CCCC3)CCCC2)cc1Cl.Clc1ccc(C2(C3CCCC3)CCCC2)cc1Cl.OC1CCC[C@@H]1C1(c2ccc(Cl)c(Cl)c2)CCCC1.c1ccc2cc(C3(C4CCCC4)CCCC3)ccc2c1.c1ccc2cc(C3(C4CCCC4)CCCC3)ccc2c1. The van der Waals surface area contributed by atoms with Gasteiger partial charge in [-0.3, -0.25) is 0 Å². The van der Waals surface area contributed by atoms with Gasteiger partial charge in [0.25, 0.3) is 0 Å². The van der Waals surface area contributed by atoms with Crippen molar-refractivity contribution in [3.63, 3.8) is 0 Å². The van der Waals surface area contributed by atoms with Crippen molar-refractivity contribution in [3.8, 4) is 0 Å². The van der Waals surface area contributed by atoms with Gasteiger partial charge in [-0.1, -0.05) is 400 Å². The van der Waals surface area contributed by atoms with Gasteiger partial charge in [-0.05, 0) is 363 Å². The zero-order valence-corrected chi connectivity index (χ0v) is 87.5. The van der Waals surface area contributed by atoms with Crippen LogP contribution in [0.15, 0.2) is 176 Å². The van der Waals surface area contributed by atoms with Crippen LogP contribution in [-0.2, 0) is 37.9 Å². The van der Waals surface area contributed by atoms with Crippen molar-refractivity contribution < 1.29 is 5.11 Å². The second-order valence-corrected chi connectivity index (χ2v) is 48.7. The topological polar surface area (TPSA) is 44.3 Å². The molecule has 12 aliphatic carbocycles. The van der Waals surface area contributed by atoms with Crippen LogP contribution in [0.1, 0.15) is 375 Å². The number of fused-ring (bicyclic) bond motifs is 2. The van der Waals surface area contributed by atoms with Crippen molar-refractivity contribution in [1.82, 2.24) is 10.6 Å². The summed E-state index contributed by atoms with van der Waals surface area (Å²) < 4.78 is 0. The minimum atomic E-state index is -0.146. The molecule has 3 nitrogen and oxygen atoms in total. The second-order valence-electron chi connectivity index (χ2n) is 44.7. The Bertz CT molecular complexity index is 5020. The fourth-order valence-electron chi connectivity index (χ4n) is 31.0. The predicted molar refractivity (Wildman–Crippen MR) is 580 cm³/mol. The Morgan fingerprint density at radius 3 is 0.731 bits per heavy atom. The van der Waals surface area contributed by atoms with E-state index in [-0.39, 0.29) is 29.8 Å². The number of aliphatic hydroxyl groups excluding tert-OH is 1. The summed E-state index contributed by atoms with van der Waals surface area (Å²) in [6.45, 7) is 9.40. The molecule has 0 radical (unpaired) electrons. The summed E-state index contributed by atoms with van der Waals surface area (Å²) in [5.41, 5.74) is 13.5. The van der Waals surface area contributed by atoms with Crippen molar-refractivity contribution in [1.29, 1.82) is 0 Å². The molecule has 134 heavy (non-hydrogen) atoms. The van der Waals surface area contributed by atoms with Gasteiger partial charge in [-0.15, -0.1) is 0 Å². The highest BCUT2D eigenvalue weighted by molar-refractivity contribution is 6.44. The van der Waals surface area contributed by atoms with Gasteiger partial charge >= 0.3 is 0 Å². The molecule has 4 atom stereocenters. The van der Waals surface area contributed by atoms with E-state index in [1.165, 1.54) is 345 Å². The highest BCUT2D eigenvalue weighted by Crippen LogP contribution is 2.62. The normalized spacial score (nSPS) is 25.8. The van der Waals surface area contributed by atoms with Gasteiger partial charge in [0, 0.05) is 29.3 Å². The van der Waals surface area contributed by atoms with Crippen LogP contribution in [0.25, 0.3) is 21.5 Å². The fraction of sp³-hybridized carbons (Fsp3) is 0.587. The Labute approximate surface area is 857 Å². The average molecular weight is 2010 g/mol. The summed E-state index contributed by atoms with van der Waals surface area (Å²) in [5.74, 6) is 4.04. The molecule has 0 aromatic heterocycles. The molecule has 23 rings (SSSR count). The Morgan fingerprint density at radius 2 is 0.470 bits per heavy atom. The smallest absolute Gasteiger partial charge is 0.0595 e. The van der Waals surface area contributed by atoms with Crippen molar-refractivity contribution in [2.45, 2.75) is 380 Å². The van der Waals surface area contributed by atoms with E-state index in [2.05, 4.69) is 164 Å². The first-order chi connectivity index (χ1) is 64.5. The molecule has 2 aliphatic heterocycles. The molecule has 14 fully saturated rings. The van der Waals surface area contributed by atoms with E-state index in [0.717, 1.165) is 79.2 Å². The van der Waals surface area contributed by atoms with Crippen molar-refractivity contribution in [3.05, 3.63) is 265 Å². The van der Waals surface area contributed by atoms with Crippen molar-refractivity contribution >= 4 is 138 Å². The van der Waals surface area contributed by atoms with Crippen LogP contribution in [0.3, 0.4) is 0 Å². The van der Waals surface area contributed by atoms with E-state index >= 15 is 0 Å². The molecule has 12 saturated carbocycles. The van der Waals surface area contributed by atoms with Gasteiger partial charge in [0.1, 0.15) is 0 Å². The van der Waals surface area contributed by atoms with Crippen LogP contribution in [0.5, 0.6) is 0 Å². The molecule has 3 N–H and O–H groups in total. The number of halogens is 10. The van der Waals surface area contributed by atoms with E-state index < -0.39 is 0 Å². The van der Waals surface area contributed by atoms with E-state index in [1.807, 2.05) is 36.4 Å². The molecule has 724 valence electrons. The van der Waals surface area contributed by atoms with E-state index in [9.17, 15) is 5.11 Å². The van der Waals surface area contributed by atoms with Gasteiger partial charge in [0.15, 0.2) is 0 Å². The third kappa shape index (κ3) is 21.6. The maximum absolute atomic E-state index is 10.3. The standard InChI is InChI=1S/2C20H24.2C16H21Cl2N.C16H20Cl2O.2C16H20Cl2.CH4/c2*1-2-8-17-15-19(12-11-16(17)7-1)20(13-5-6-14-20)18-9-3-4-10-18;2*1-15(8-9-19-11-15)16(6-2-3-7-16)12-4-5-13(17)14(18)10-12;17-13-7-6-11(10-14(13)18)16(8-1-2-9-16)12-4-3-5-15(12)19;2*17-14-8-7-13(11-15(14)18)16(9-3-4-10-16)12-5-1-2-6-12;/h2*1-2,7-8,11-12,15,18H,3-6,9-10,13-14H2;2*4-5,10,19H,2-3,6-9,11H2,1H3;6-7,10,12,15,19H,1-5,8-9H2;2*7-8,11-12H,1-6,9-10H2;1H4/t;;2*15-;12-,15?;;;/m..100.../s1. The maximum Gasteiger partial charge on any atom is 0.0595 e. The zero-order chi connectivity index (χ0) is 92.5. The predicted octanol–water partition coefficient (Wildman–Crippen LogP) is 38.9. The van der Waals surface area contributed by atoms with Crippen molar-refractivity contribution in [2.24, 2.45) is 40.4 Å². The molecular weight excluding hydrogens is 1850 g/mol. The minimum Gasteiger partial charge on any atom is -0.393 e. The molecule has 2 saturated heterocycles. The molecule has 14 aliphatic rings. The first-order valence-electron chi connectivity index (χ1n) is 52.9. The largest absolute Gasteiger partial charge is 0.393 e. The number of rotatable bonds is 14. The zero-order valence-electron chi connectivity index (χ0n) is 79.9. The van der Waals surface area contributed by atoms with E-state index in [0.29, 0.717) is 78.6 Å². The lowest BCUT2D eigenvalue weighted by molar-refractivity contribution is 0.0815. The van der Waals surface area contributed by atoms with Gasteiger partial charge in [-0.2, -0.15) is 0 Å². The summed E-state index contributed by atoms with van der Waals surface area (Å²) in [6.07, 6.45) is 66.2. The van der Waals surface area contributed by atoms with Crippen LogP contribution >= 0.6 is 116 Å². The fourth-order valence-corrected chi connectivity index (χ4v) is 32.5. The third-order valence-corrected chi connectivity index (χ3v) is 41.9. The Balaban J connectivity index is 0.000000114. The highest BCUT2D eigenvalue weighted by Gasteiger charge is 2.55. The molecule has 0 bridgehead atoms. The average Bonchev–Trinajstić information content (AvgIpc) is 1.68. The quantitative estimate of drug-likeness (QED) is 0.102. The van der Waals surface area contributed by atoms with Gasteiger partial charge in [0.2, 0.25) is 0 Å². The Kier molecular flexibility index (Phi) is 35.3. The first kappa shape index (κ1) is 103. The molecule has 0 amide bonds. The summed E-state index contributed by atoms with van der Waals surface area (Å²) in [5, 5.41) is 29.8. The molecule has 9 aromatic carbocycles. The van der Waals surface area contributed by atoms with Crippen LogP contribution < -0.4 is 10.6 Å². The Hall–Kier alpha value is -3.72. The molecule has 2 heterocycles. The van der Waals surface area contributed by atoms with Gasteiger partial charge in [0.05, 0.1) is 56.3 Å². The lowest BCUT2D eigenvalue weighted by atomic mass is 9.59.